The fourth-order valence-corrected chi connectivity index (χ4v) is 3.53. The smallest absolute Gasteiger partial charge is 0.365 e. The number of rotatable bonds is 2. The maximum Gasteiger partial charge on any atom is 0.419 e. The molecule has 7 heteroatoms. The van der Waals surface area contributed by atoms with Crippen molar-refractivity contribution in [2.75, 3.05) is 18.4 Å². The molecule has 1 N–H and O–H groups in total. The number of nitrogens with zero attached hydrogens (tertiary/aromatic N) is 2. The summed E-state index contributed by atoms with van der Waals surface area (Å²) in [5.74, 6) is -0.0561. The molecule has 2 atom stereocenters. The largest absolute Gasteiger partial charge is 0.419 e. The number of anilines is 1. The normalized spacial score (nSPS) is 26.8. The van der Waals surface area contributed by atoms with E-state index in [1.165, 1.54) is 6.20 Å². The summed E-state index contributed by atoms with van der Waals surface area (Å²) in [6.45, 7) is 2.02. The predicted molar refractivity (Wildman–Crippen MR) is 73.6 cm³/mol. The van der Waals surface area contributed by atoms with E-state index in [2.05, 4.69) is 31.1 Å². The zero-order chi connectivity index (χ0) is 14.3. The molecular weight excluding hydrogens is 335 g/mol. The van der Waals surface area contributed by atoms with Gasteiger partial charge in [0.1, 0.15) is 5.82 Å². The molecule has 3 nitrogen and oxygen atoms in total. The third-order valence-electron chi connectivity index (χ3n) is 4.09. The summed E-state index contributed by atoms with van der Waals surface area (Å²) in [5.41, 5.74) is -0.705. The van der Waals surface area contributed by atoms with Crippen molar-refractivity contribution < 1.29 is 13.2 Å². The van der Waals surface area contributed by atoms with Crippen molar-refractivity contribution in [3.05, 3.63) is 22.3 Å². The standard InChI is InChI=1S/C13H15BrF3N3/c14-8-6-9(13(15,16)17)12(18-7-8)19-10-3-5-20-4-1-2-11(10)20/h6-7,10-11H,1-5H2,(H,18,19). The number of alkyl halides is 3. The fourth-order valence-electron chi connectivity index (χ4n) is 3.20. The molecule has 0 bridgehead atoms. The maximum absolute atomic E-state index is 13.1. The first-order valence-corrected chi connectivity index (χ1v) is 7.48. The Hall–Kier alpha value is -0.820. The van der Waals surface area contributed by atoms with Crippen molar-refractivity contribution in [3.63, 3.8) is 0 Å². The van der Waals surface area contributed by atoms with E-state index in [9.17, 15) is 13.2 Å². The van der Waals surface area contributed by atoms with Crippen molar-refractivity contribution in [1.29, 1.82) is 0 Å². The highest BCUT2D eigenvalue weighted by atomic mass is 79.9. The van der Waals surface area contributed by atoms with Gasteiger partial charge in [0, 0.05) is 29.3 Å². The van der Waals surface area contributed by atoms with Crippen LogP contribution in [0.4, 0.5) is 19.0 Å². The minimum Gasteiger partial charge on any atom is -0.365 e. The van der Waals surface area contributed by atoms with E-state index >= 15 is 0 Å². The molecule has 2 aliphatic rings. The molecule has 1 aromatic heterocycles. The van der Waals surface area contributed by atoms with E-state index in [1.54, 1.807) is 0 Å². The molecule has 2 aliphatic heterocycles. The SMILES string of the molecule is FC(F)(F)c1cc(Br)cnc1NC1CCN2CCCC12. The van der Waals surface area contributed by atoms with E-state index in [0.717, 1.165) is 38.4 Å². The van der Waals surface area contributed by atoms with Gasteiger partial charge in [0.2, 0.25) is 0 Å². The molecule has 3 heterocycles. The first-order valence-electron chi connectivity index (χ1n) is 6.68. The number of hydrogen-bond acceptors (Lipinski definition) is 3. The predicted octanol–water partition coefficient (Wildman–Crippen LogP) is 3.51. The highest BCUT2D eigenvalue weighted by Gasteiger charge is 2.40. The Morgan fingerprint density at radius 1 is 1.30 bits per heavy atom. The van der Waals surface area contributed by atoms with Crippen molar-refractivity contribution in [2.45, 2.75) is 37.5 Å². The van der Waals surface area contributed by atoms with Gasteiger partial charge in [-0.3, -0.25) is 4.90 Å². The van der Waals surface area contributed by atoms with Gasteiger partial charge in [-0.25, -0.2) is 4.98 Å². The first-order chi connectivity index (χ1) is 9.45. The lowest BCUT2D eigenvalue weighted by molar-refractivity contribution is -0.137. The third kappa shape index (κ3) is 2.65. The van der Waals surface area contributed by atoms with Crippen molar-refractivity contribution in [3.8, 4) is 0 Å². The molecule has 1 aromatic rings. The Morgan fingerprint density at radius 3 is 2.85 bits per heavy atom. The lowest BCUT2D eigenvalue weighted by Crippen LogP contribution is -2.34. The number of hydrogen-bond donors (Lipinski definition) is 1. The summed E-state index contributed by atoms with van der Waals surface area (Å²) < 4.78 is 39.5. The lowest BCUT2D eigenvalue weighted by Gasteiger charge is -2.23. The van der Waals surface area contributed by atoms with Crippen LogP contribution in [0.15, 0.2) is 16.7 Å². The summed E-state index contributed by atoms with van der Waals surface area (Å²) in [5, 5.41) is 3.02. The van der Waals surface area contributed by atoms with Gasteiger partial charge in [0.15, 0.2) is 0 Å². The Balaban J connectivity index is 1.84. The molecular formula is C13H15BrF3N3. The molecule has 110 valence electrons. The van der Waals surface area contributed by atoms with Gasteiger partial charge >= 0.3 is 6.18 Å². The van der Waals surface area contributed by atoms with Crippen LogP contribution >= 0.6 is 15.9 Å². The topological polar surface area (TPSA) is 28.2 Å². The van der Waals surface area contributed by atoms with Gasteiger partial charge in [-0.1, -0.05) is 0 Å². The van der Waals surface area contributed by atoms with Crippen molar-refractivity contribution in [2.24, 2.45) is 0 Å². The highest BCUT2D eigenvalue weighted by molar-refractivity contribution is 9.10. The van der Waals surface area contributed by atoms with Gasteiger partial charge in [0.05, 0.1) is 5.56 Å². The lowest BCUT2D eigenvalue weighted by atomic mass is 10.1. The van der Waals surface area contributed by atoms with E-state index in [0.29, 0.717) is 10.5 Å². The second kappa shape index (κ2) is 5.18. The van der Waals surface area contributed by atoms with E-state index < -0.39 is 11.7 Å². The molecule has 0 radical (unpaired) electrons. The summed E-state index contributed by atoms with van der Waals surface area (Å²) in [7, 11) is 0. The van der Waals surface area contributed by atoms with Crippen LogP contribution < -0.4 is 5.32 Å². The van der Waals surface area contributed by atoms with E-state index in [4.69, 9.17) is 0 Å². The average Bonchev–Trinajstić information content (AvgIpc) is 2.95. The van der Waals surface area contributed by atoms with Crippen molar-refractivity contribution >= 4 is 21.7 Å². The Bertz CT molecular complexity index is 506. The number of halogens is 4. The maximum atomic E-state index is 13.1. The summed E-state index contributed by atoms with van der Waals surface area (Å²) in [4.78, 5) is 6.28. The molecule has 0 aliphatic carbocycles. The zero-order valence-electron chi connectivity index (χ0n) is 10.8. The van der Waals surface area contributed by atoms with Crippen LogP contribution in [-0.2, 0) is 6.18 Å². The quantitative estimate of drug-likeness (QED) is 0.885. The van der Waals surface area contributed by atoms with E-state index in [1.807, 2.05) is 0 Å². The van der Waals surface area contributed by atoms with Gasteiger partial charge in [-0.05, 0) is 47.8 Å². The Morgan fingerprint density at radius 2 is 2.10 bits per heavy atom. The molecule has 20 heavy (non-hydrogen) atoms. The number of aromatic nitrogens is 1. The second-order valence-electron chi connectivity index (χ2n) is 5.33. The molecule has 0 saturated carbocycles. The monoisotopic (exact) mass is 349 g/mol. The Labute approximate surface area is 123 Å². The third-order valence-corrected chi connectivity index (χ3v) is 4.52. The molecule has 0 amide bonds. The minimum absolute atomic E-state index is 0.0561. The molecule has 2 fully saturated rings. The van der Waals surface area contributed by atoms with Crippen LogP contribution in [0.2, 0.25) is 0 Å². The highest BCUT2D eigenvalue weighted by Crippen LogP contribution is 2.37. The van der Waals surface area contributed by atoms with Gasteiger partial charge in [-0.2, -0.15) is 13.2 Å². The molecule has 2 saturated heterocycles. The Kier molecular flexibility index (Phi) is 3.66. The number of fused-ring (bicyclic) bond motifs is 1. The zero-order valence-corrected chi connectivity index (χ0v) is 12.3. The molecule has 0 aromatic carbocycles. The summed E-state index contributed by atoms with van der Waals surface area (Å²) in [6, 6.07) is 1.49. The van der Waals surface area contributed by atoms with Crippen molar-refractivity contribution in [1.82, 2.24) is 9.88 Å². The summed E-state index contributed by atoms with van der Waals surface area (Å²) >= 11 is 3.05. The van der Waals surface area contributed by atoms with Crippen LogP contribution in [0.5, 0.6) is 0 Å². The number of nitrogens with one attached hydrogen (secondary N) is 1. The molecule has 0 spiro atoms. The molecule has 2 unspecified atom stereocenters. The second-order valence-corrected chi connectivity index (χ2v) is 6.25. The van der Waals surface area contributed by atoms with Crippen LogP contribution in [0.25, 0.3) is 0 Å². The van der Waals surface area contributed by atoms with Crippen LogP contribution in [0, 0.1) is 0 Å². The molecule has 3 rings (SSSR count). The minimum atomic E-state index is -4.40. The summed E-state index contributed by atoms with van der Waals surface area (Å²) in [6.07, 6.45) is 0.0595. The fraction of sp³-hybridized carbons (Fsp3) is 0.615. The first kappa shape index (κ1) is 14.1. The average molecular weight is 350 g/mol. The van der Waals surface area contributed by atoms with E-state index in [-0.39, 0.29) is 11.9 Å². The van der Waals surface area contributed by atoms with Gasteiger partial charge in [-0.15, -0.1) is 0 Å². The van der Waals surface area contributed by atoms with Crippen LogP contribution in [0.3, 0.4) is 0 Å². The number of pyridine rings is 1. The van der Waals surface area contributed by atoms with Gasteiger partial charge in [0.25, 0.3) is 0 Å². The van der Waals surface area contributed by atoms with Gasteiger partial charge < -0.3 is 5.32 Å². The van der Waals surface area contributed by atoms with Crippen LogP contribution in [-0.4, -0.2) is 35.1 Å². The van der Waals surface area contributed by atoms with Crippen LogP contribution in [0.1, 0.15) is 24.8 Å².